The molecule has 1 aliphatic heterocycles. The van der Waals surface area contributed by atoms with Gasteiger partial charge in [0.1, 0.15) is 11.4 Å². The fourth-order valence-corrected chi connectivity index (χ4v) is 4.48. The summed E-state index contributed by atoms with van der Waals surface area (Å²) < 4.78 is 0. The number of benzene rings is 1. The zero-order chi connectivity index (χ0) is 19.8. The smallest absolute Gasteiger partial charge is 0.161 e. The zero-order valence-electron chi connectivity index (χ0n) is 16.8. The van der Waals surface area contributed by atoms with Crippen LogP contribution in [0.4, 0.5) is 5.82 Å². The summed E-state index contributed by atoms with van der Waals surface area (Å²) in [5, 5.41) is 11.2. The molecule has 0 radical (unpaired) electrons. The molecule has 0 bridgehead atoms. The Labute approximate surface area is 171 Å². The average molecular weight is 386 g/mol. The van der Waals surface area contributed by atoms with E-state index in [2.05, 4.69) is 22.0 Å². The fraction of sp³-hybridized carbons (Fsp3) is 0.375. The van der Waals surface area contributed by atoms with Crippen LogP contribution in [0.2, 0.25) is 0 Å². The van der Waals surface area contributed by atoms with Gasteiger partial charge in [0, 0.05) is 36.1 Å². The predicted molar refractivity (Wildman–Crippen MR) is 114 cm³/mol. The van der Waals surface area contributed by atoms with Gasteiger partial charge in [-0.15, -0.1) is 0 Å². The maximum Gasteiger partial charge on any atom is 0.161 e. The molecule has 0 spiro atoms. The van der Waals surface area contributed by atoms with Gasteiger partial charge in [0.05, 0.1) is 5.69 Å². The van der Waals surface area contributed by atoms with Crippen LogP contribution in [0.3, 0.4) is 0 Å². The Kier molecular flexibility index (Phi) is 4.55. The van der Waals surface area contributed by atoms with E-state index in [-0.39, 0.29) is 0 Å². The molecule has 1 aliphatic carbocycles. The Balaban J connectivity index is 1.43. The highest BCUT2D eigenvalue weighted by Crippen LogP contribution is 2.37. The standard InChI is InChI=1S/C24H26N4O/c1-17-10-11-21(25-16-17)24(29)12-14-28(15-13-24)23-19-8-5-9-20(19)26-22(27-23)18-6-3-2-4-7-18/h2-4,6-7,10-11,16,29H,5,8-9,12-15H2,1H3. The van der Waals surface area contributed by atoms with Crippen molar-refractivity contribution < 1.29 is 5.11 Å². The molecule has 0 unspecified atom stereocenters. The molecule has 3 heterocycles. The van der Waals surface area contributed by atoms with Gasteiger partial charge in [0.15, 0.2) is 5.82 Å². The van der Waals surface area contributed by atoms with Crippen LogP contribution in [-0.2, 0) is 18.4 Å². The SMILES string of the molecule is Cc1ccc(C2(O)CCN(c3nc(-c4ccccc4)nc4c3CCC4)CC2)nc1. The topological polar surface area (TPSA) is 62.1 Å². The molecule has 148 valence electrons. The van der Waals surface area contributed by atoms with E-state index >= 15 is 0 Å². The minimum Gasteiger partial charge on any atom is -0.383 e. The fourth-order valence-electron chi connectivity index (χ4n) is 4.48. The van der Waals surface area contributed by atoms with Crippen molar-refractivity contribution in [2.24, 2.45) is 0 Å². The number of anilines is 1. The lowest BCUT2D eigenvalue weighted by molar-refractivity contribution is 0.00746. The van der Waals surface area contributed by atoms with Crippen LogP contribution in [0.25, 0.3) is 11.4 Å². The van der Waals surface area contributed by atoms with Crippen LogP contribution in [0.15, 0.2) is 48.7 Å². The third-order valence-electron chi connectivity index (χ3n) is 6.22. The first-order chi connectivity index (χ1) is 14.1. The first-order valence-electron chi connectivity index (χ1n) is 10.5. The minimum atomic E-state index is -0.858. The van der Waals surface area contributed by atoms with E-state index in [1.807, 2.05) is 43.5 Å². The second-order valence-electron chi connectivity index (χ2n) is 8.26. The molecule has 5 nitrogen and oxygen atoms in total. The van der Waals surface area contributed by atoms with Crippen LogP contribution in [0, 0.1) is 6.92 Å². The maximum atomic E-state index is 11.2. The molecule has 1 saturated heterocycles. The molecule has 5 rings (SSSR count). The van der Waals surface area contributed by atoms with E-state index in [9.17, 15) is 5.11 Å². The van der Waals surface area contributed by atoms with Crippen molar-refractivity contribution in [3.05, 3.63) is 71.2 Å². The highest BCUT2D eigenvalue weighted by atomic mass is 16.3. The normalized spacial score (nSPS) is 17.9. The molecule has 3 aromatic rings. The van der Waals surface area contributed by atoms with E-state index in [1.165, 1.54) is 11.3 Å². The van der Waals surface area contributed by atoms with E-state index in [0.717, 1.165) is 60.8 Å². The zero-order valence-corrected chi connectivity index (χ0v) is 16.8. The summed E-state index contributed by atoms with van der Waals surface area (Å²) in [4.78, 5) is 16.7. The van der Waals surface area contributed by atoms with E-state index in [0.29, 0.717) is 12.8 Å². The van der Waals surface area contributed by atoms with Gasteiger partial charge < -0.3 is 10.0 Å². The molecule has 0 atom stereocenters. The third kappa shape index (κ3) is 3.40. The van der Waals surface area contributed by atoms with Crippen LogP contribution < -0.4 is 4.90 Å². The van der Waals surface area contributed by atoms with Crippen LogP contribution in [0.1, 0.15) is 41.8 Å². The number of nitrogens with zero attached hydrogens (tertiary/aromatic N) is 4. The lowest BCUT2D eigenvalue weighted by Crippen LogP contribution is -2.43. The van der Waals surface area contributed by atoms with E-state index < -0.39 is 5.60 Å². The van der Waals surface area contributed by atoms with Crippen molar-refractivity contribution in [3.63, 3.8) is 0 Å². The monoisotopic (exact) mass is 386 g/mol. The molecule has 0 saturated carbocycles. The Bertz CT molecular complexity index is 1010. The number of aryl methyl sites for hydroxylation is 2. The highest BCUT2D eigenvalue weighted by molar-refractivity contribution is 5.61. The molecular weight excluding hydrogens is 360 g/mol. The van der Waals surface area contributed by atoms with Crippen molar-refractivity contribution >= 4 is 5.82 Å². The number of aromatic nitrogens is 3. The maximum absolute atomic E-state index is 11.2. The molecule has 29 heavy (non-hydrogen) atoms. The van der Waals surface area contributed by atoms with Crippen molar-refractivity contribution in [2.75, 3.05) is 18.0 Å². The lowest BCUT2D eigenvalue weighted by Gasteiger charge is -2.39. The third-order valence-corrected chi connectivity index (χ3v) is 6.22. The average Bonchev–Trinajstić information content (AvgIpc) is 3.23. The summed E-state index contributed by atoms with van der Waals surface area (Å²) in [5.41, 5.74) is 4.57. The Morgan fingerprint density at radius 2 is 1.76 bits per heavy atom. The number of pyridine rings is 1. The van der Waals surface area contributed by atoms with E-state index in [1.54, 1.807) is 0 Å². The molecule has 1 aromatic carbocycles. The van der Waals surface area contributed by atoms with Crippen LogP contribution in [0.5, 0.6) is 0 Å². The number of piperidine rings is 1. The van der Waals surface area contributed by atoms with Crippen LogP contribution >= 0.6 is 0 Å². The number of rotatable bonds is 3. The second-order valence-corrected chi connectivity index (χ2v) is 8.26. The first-order valence-corrected chi connectivity index (χ1v) is 10.5. The van der Waals surface area contributed by atoms with Gasteiger partial charge in [-0.1, -0.05) is 36.4 Å². The quantitative estimate of drug-likeness (QED) is 0.741. The van der Waals surface area contributed by atoms with Gasteiger partial charge >= 0.3 is 0 Å². The number of hydrogen-bond donors (Lipinski definition) is 1. The van der Waals surface area contributed by atoms with Gasteiger partial charge in [-0.3, -0.25) is 4.98 Å². The highest BCUT2D eigenvalue weighted by Gasteiger charge is 2.36. The number of aliphatic hydroxyl groups is 1. The van der Waals surface area contributed by atoms with Gasteiger partial charge in [0.2, 0.25) is 0 Å². The molecule has 2 aromatic heterocycles. The van der Waals surface area contributed by atoms with Crippen molar-refractivity contribution in [2.45, 2.75) is 44.6 Å². The van der Waals surface area contributed by atoms with Gasteiger partial charge in [-0.25, -0.2) is 9.97 Å². The minimum absolute atomic E-state index is 0.655. The van der Waals surface area contributed by atoms with Gasteiger partial charge in [0.25, 0.3) is 0 Å². The number of fused-ring (bicyclic) bond motifs is 1. The molecule has 2 aliphatic rings. The summed E-state index contributed by atoms with van der Waals surface area (Å²) in [6.45, 7) is 3.55. The molecular formula is C24H26N4O. The lowest BCUT2D eigenvalue weighted by atomic mass is 9.87. The molecule has 5 heteroatoms. The predicted octanol–water partition coefficient (Wildman–Crippen LogP) is 3.82. The van der Waals surface area contributed by atoms with Crippen molar-refractivity contribution in [3.8, 4) is 11.4 Å². The summed E-state index contributed by atoms with van der Waals surface area (Å²) in [6.07, 6.45) is 6.35. The summed E-state index contributed by atoms with van der Waals surface area (Å²) >= 11 is 0. The van der Waals surface area contributed by atoms with Crippen molar-refractivity contribution in [1.29, 1.82) is 0 Å². The second kappa shape index (κ2) is 7.23. The van der Waals surface area contributed by atoms with Gasteiger partial charge in [-0.05, 0) is 50.7 Å². The van der Waals surface area contributed by atoms with E-state index in [4.69, 9.17) is 9.97 Å². The molecule has 1 N–H and O–H groups in total. The Morgan fingerprint density at radius 3 is 2.48 bits per heavy atom. The Hall–Kier alpha value is -2.79. The Morgan fingerprint density at radius 1 is 0.966 bits per heavy atom. The van der Waals surface area contributed by atoms with Gasteiger partial charge in [-0.2, -0.15) is 0 Å². The van der Waals surface area contributed by atoms with Crippen LogP contribution in [-0.4, -0.2) is 33.1 Å². The number of hydrogen-bond acceptors (Lipinski definition) is 5. The summed E-state index contributed by atoms with van der Waals surface area (Å²) in [7, 11) is 0. The largest absolute Gasteiger partial charge is 0.383 e. The summed E-state index contributed by atoms with van der Waals surface area (Å²) in [5.74, 6) is 1.87. The summed E-state index contributed by atoms with van der Waals surface area (Å²) in [6, 6.07) is 14.2. The molecule has 0 amide bonds. The first kappa shape index (κ1) is 18.3. The van der Waals surface area contributed by atoms with Crippen molar-refractivity contribution in [1.82, 2.24) is 15.0 Å². The molecule has 1 fully saturated rings.